The summed E-state index contributed by atoms with van der Waals surface area (Å²) in [5, 5.41) is 27.4. The summed E-state index contributed by atoms with van der Waals surface area (Å²) in [5.41, 5.74) is 3.00. The zero-order chi connectivity index (χ0) is 26.1. The molecule has 8 nitrogen and oxygen atoms in total. The van der Waals surface area contributed by atoms with Crippen molar-refractivity contribution in [3.8, 4) is 22.8 Å². The molecule has 0 radical (unpaired) electrons. The predicted molar refractivity (Wildman–Crippen MR) is 130 cm³/mol. The molecule has 0 saturated heterocycles. The minimum absolute atomic E-state index is 0.101. The number of aliphatic hydroxyl groups excluding tert-OH is 2. The maximum Gasteiger partial charge on any atom is 0.306 e. The molecule has 3 N–H and O–H groups in total. The Kier molecular flexibility index (Phi) is 9.75. The standard InChI is InChI=1S/C27H30FNO7/c1-3-34-25(13-27(32)33)19-5-7-21(8-6-19)35-15-18-4-10-24(28)23(12-18)22-9-11-26(29-17(22)2)36-16-20(31)14-30/h4-12,20,25,30-31H,3,13-16H2,1-2H3,(H,32,33)/t20-,25-/m0/s1. The SMILES string of the molecule is CCO[C@@H](CC(=O)O)c1ccc(OCc2ccc(F)c(-c3ccc(OC[C@@H](O)CO)nc3C)c2)cc1. The molecule has 1 heterocycles. The Bertz CT molecular complexity index is 1150. The first-order valence-electron chi connectivity index (χ1n) is 11.5. The van der Waals surface area contributed by atoms with E-state index in [-0.39, 0.29) is 25.5 Å². The molecule has 3 aromatic rings. The van der Waals surface area contributed by atoms with Gasteiger partial charge in [-0.2, -0.15) is 0 Å². The van der Waals surface area contributed by atoms with Crippen molar-refractivity contribution in [1.82, 2.24) is 4.98 Å². The summed E-state index contributed by atoms with van der Waals surface area (Å²) < 4.78 is 31.4. The average molecular weight is 500 g/mol. The number of halogens is 1. The highest BCUT2D eigenvalue weighted by molar-refractivity contribution is 5.68. The number of aromatic nitrogens is 1. The topological polar surface area (TPSA) is 118 Å². The molecule has 0 aliphatic heterocycles. The second-order valence-corrected chi connectivity index (χ2v) is 8.14. The molecule has 0 aliphatic carbocycles. The number of nitrogens with zero attached hydrogens (tertiary/aromatic N) is 1. The Labute approximate surface area is 208 Å². The van der Waals surface area contributed by atoms with Gasteiger partial charge in [0.1, 0.15) is 30.9 Å². The molecule has 1 aromatic heterocycles. The van der Waals surface area contributed by atoms with E-state index in [0.29, 0.717) is 29.2 Å². The predicted octanol–water partition coefficient (Wildman–Crippen LogP) is 4.06. The first-order valence-corrected chi connectivity index (χ1v) is 11.5. The maximum absolute atomic E-state index is 14.7. The zero-order valence-corrected chi connectivity index (χ0v) is 20.2. The van der Waals surface area contributed by atoms with E-state index < -0.39 is 30.6 Å². The van der Waals surface area contributed by atoms with E-state index in [1.54, 1.807) is 55.5 Å². The van der Waals surface area contributed by atoms with Gasteiger partial charge in [0.15, 0.2) is 0 Å². The summed E-state index contributed by atoms with van der Waals surface area (Å²) in [7, 11) is 0. The number of carboxylic acid groups (broad SMARTS) is 1. The van der Waals surface area contributed by atoms with Crippen LogP contribution in [0, 0.1) is 12.7 Å². The Balaban J connectivity index is 1.69. The van der Waals surface area contributed by atoms with Crippen LogP contribution in [-0.4, -0.2) is 52.2 Å². The molecule has 2 atom stereocenters. The average Bonchev–Trinajstić information content (AvgIpc) is 2.87. The van der Waals surface area contributed by atoms with E-state index in [1.807, 2.05) is 6.92 Å². The van der Waals surface area contributed by atoms with Crippen LogP contribution in [0.25, 0.3) is 11.1 Å². The van der Waals surface area contributed by atoms with Crippen LogP contribution in [0.1, 0.15) is 36.3 Å². The molecular formula is C27H30FNO7. The van der Waals surface area contributed by atoms with Crippen molar-refractivity contribution in [2.45, 2.75) is 39.1 Å². The molecule has 0 unspecified atom stereocenters. The van der Waals surface area contributed by atoms with Crippen LogP contribution in [0.15, 0.2) is 54.6 Å². The van der Waals surface area contributed by atoms with E-state index in [2.05, 4.69) is 4.98 Å². The van der Waals surface area contributed by atoms with Crippen LogP contribution in [0.3, 0.4) is 0 Å². The van der Waals surface area contributed by atoms with Gasteiger partial charge in [0.2, 0.25) is 5.88 Å². The van der Waals surface area contributed by atoms with Crippen LogP contribution in [0.5, 0.6) is 11.6 Å². The van der Waals surface area contributed by atoms with Crippen LogP contribution < -0.4 is 9.47 Å². The van der Waals surface area contributed by atoms with Crippen LogP contribution in [-0.2, 0) is 16.1 Å². The van der Waals surface area contributed by atoms with Gasteiger partial charge in [0, 0.05) is 29.5 Å². The number of aryl methyl sites for hydroxylation is 1. The van der Waals surface area contributed by atoms with Crippen LogP contribution >= 0.6 is 0 Å². The fourth-order valence-electron chi connectivity index (χ4n) is 3.58. The molecule has 9 heteroatoms. The molecule has 192 valence electrons. The number of aliphatic carboxylic acids is 1. The monoisotopic (exact) mass is 499 g/mol. The summed E-state index contributed by atoms with van der Waals surface area (Å²) in [6.07, 6.45) is -1.67. The number of hydrogen-bond acceptors (Lipinski definition) is 7. The number of carboxylic acids is 1. The van der Waals surface area contributed by atoms with Crippen molar-refractivity contribution in [2.75, 3.05) is 19.8 Å². The largest absolute Gasteiger partial charge is 0.489 e. The highest BCUT2D eigenvalue weighted by atomic mass is 19.1. The smallest absolute Gasteiger partial charge is 0.306 e. The third-order valence-electron chi connectivity index (χ3n) is 5.40. The first-order chi connectivity index (χ1) is 17.3. The third kappa shape index (κ3) is 7.48. The van der Waals surface area contributed by atoms with Gasteiger partial charge in [-0.3, -0.25) is 4.79 Å². The molecule has 0 amide bonds. The fourth-order valence-corrected chi connectivity index (χ4v) is 3.58. The molecule has 0 saturated carbocycles. The minimum Gasteiger partial charge on any atom is -0.489 e. The van der Waals surface area contributed by atoms with Gasteiger partial charge < -0.3 is 29.5 Å². The third-order valence-corrected chi connectivity index (χ3v) is 5.40. The highest BCUT2D eigenvalue weighted by Crippen LogP contribution is 2.29. The van der Waals surface area contributed by atoms with E-state index in [4.69, 9.17) is 24.4 Å². The van der Waals surface area contributed by atoms with E-state index >= 15 is 0 Å². The number of aliphatic hydroxyl groups is 2. The van der Waals surface area contributed by atoms with Crippen molar-refractivity contribution in [1.29, 1.82) is 0 Å². The molecule has 36 heavy (non-hydrogen) atoms. The number of pyridine rings is 1. The lowest BCUT2D eigenvalue weighted by atomic mass is 10.0. The van der Waals surface area contributed by atoms with Crippen LogP contribution in [0.4, 0.5) is 4.39 Å². The Morgan fingerprint density at radius 3 is 2.44 bits per heavy atom. The quantitative estimate of drug-likeness (QED) is 0.322. The second-order valence-electron chi connectivity index (χ2n) is 8.14. The number of benzene rings is 2. The fraction of sp³-hybridized carbons (Fsp3) is 0.333. The summed E-state index contributed by atoms with van der Waals surface area (Å²) in [6, 6.07) is 15.0. The number of ether oxygens (including phenoxy) is 3. The number of carbonyl (C=O) groups is 1. The normalized spacial score (nSPS) is 12.7. The van der Waals surface area contributed by atoms with E-state index in [1.165, 1.54) is 6.07 Å². The second kappa shape index (κ2) is 13.0. The molecular weight excluding hydrogens is 469 g/mol. The maximum atomic E-state index is 14.7. The van der Waals surface area contributed by atoms with Crippen molar-refractivity contribution in [3.63, 3.8) is 0 Å². The Morgan fingerprint density at radius 1 is 1.06 bits per heavy atom. The summed E-state index contributed by atoms with van der Waals surface area (Å²) in [4.78, 5) is 15.4. The lowest BCUT2D eigenvalue weighted by Gasteiger charge is -2.16. The molecule has 3 rings (SSSR count). The van der Waals surface area contributed by atoms with Crippen molar-refractivity contribution >= 4 is 5.97 Å². The minimum atomic E-state index is -1.01. The van der Waals surface area contributed by atoms with Gasteiger partial charge in [-0.25, -0.2) is 9.37 Å². The summed E-state index contributed by atoms with van der Waals surface area (Å²) >= 11 is 0. The van der Waals surface area contributed by atoms with Crippen molar-refractivity contribution in [3.05, 3.63) is 77.2 Å². The highest BCUT2D eigenvalue weighted by Gasteiger charge is 2.16. The summed E-state index contributed by atoms with van der Waals surface area (Å²) in [6.45, 7) is 3.63. The van der Waals surface area contributed by atoms with Gasteiger partial charge in [-0.15, -0.1) is 0 Å². The molecule has 2 aromatic carbocycles. The van der Waals surface area contributed by atoms with Gasteiger partial charge >= 0.3 is 5.97 Å². The van der Waals surface area contributed by atoms with E-state index in [0.717, 1.165) is 11.1 Å². The number of rotatable bonds is 13. The molecule has 0 fully saturated rings. The zero-order valence-electron chi connectivity index (χ0n) is 20.2. The summed E-state index contributed by atoms with van der Waals surface area (Å²) in [5.74, 6) is -0.492. The lowest BCUT2D eigenvalue weighted by Crippen LogP contribution is -2.21. The Morgan fingerprint density at radius 2 is 1.81 bits per heavy atom. The van der Waals surface area contributed by atoms with Gasteiger partial charge in [0.05, 0.1) is 19.1 Å². The van der Waals surface area contributed by atoms with Crippen LogP contribution in [0.2, 0.25) is 0 Å². The first kappa shape index (κ1) is 27.1. The molecule has 0 aliphatic rings. The van der Waals surface area contributed by atoms with Crippen molar-refractivity contribution in [2.24, 2.45) is 0 Å². The van der Waals surface area contributed by atoms with Gasteiger partial charge in [-0.05, 0) is 55.3 Å². The molecule has 0 spiro atoms. The lowest BCUT2D eigenvalue weighted by molar-refractivity contribution is -0.140. The van der Waals surface area contributed by atoms with Gasteiger partial charge in [0.25, 0.3) is 0 Å². The van der Waals surface area contributed by atoms with Gasteiger partial charge in [-0.1, -0.05) is 18.2 Å². The number of hydrogen-bond donors (Lipinski definition) is 3. The Hall–Kier alpha value is -3.53. The molecule has 0 bridgehead atoms. The van der Waals surface area contributed by atoms with E-state index in [9.17, 15) is 14.3 Å². The van der Waals surface area contributed by atoms with Crippen molar-refractivity contribution < 1.29 is 38.7 Å².